The third-order valence-electron chi connectivity index (χ3n) is 4.43. The average Bonchev–Trinajstić information content (AvgIpc) is 2.81. The van der Waals surface area contributed by atoms with Gasteiger partial charge in [0.2, 0.25) is 0 Å². The van der Waals surface area contributed by atoms with E-state index >= 15 is 0 Å². The molecule has 3 aromatic rings. The maximum atomic E-state index is 12.3. The third kappa shape index (κ3) is 6.99. The van der Waals surface area contributed by atoms with Crippen molar-refractivity contribution in [3.63, 3.8) is 0 Å². The maximum Gasteiger partial charge on any atom is 0.271 e. The van der Waals surface area contributed by atoms with Crippen LogP contribution in [0.1, 0.15) is 28.4 Å². The molecule has 3 aromatic carbocycles. The predicted molar refractivity (Wildman–Crippen MR) is 139 cm³/mol. The second-order valence-electron chi connectivity index (χ2n) is 6.73. The lowest BCUT2D eigenvalue weighted by atomic mass is 10.2. The van der Waals surface area contributed by atoms with Crippen LogP contribution in [0.4, 0.5) is 0 Å². The summed E-state index contributed by atoms with van der Waals surface area (Å²) in [5.41, 5.74) is 4.63. The number of hydrogen-bond donors (Lipinski definition) is 1. The highest BCUT2D eigenvalue weighted by Gasteiger charge is 2.13. The fourth-order valence-corrected chi connectivity index (χ4v) is 3.92. The number of hydrazone groups is 1. The summed E-state index contributed by atoms with van der Waals surface area (Å²) in [6.07, 6.45) is 1.55. The first-order chi connectivity index (χ1) is 15.9. The van der Waals surface area contributed by atoms with Crippen molar-refractivity contribution in [2.75, 3.05) is 13.7 Å². The largest absolute Gasteiger partial charge is 0.497 e. The van der Waals surface area contributed by atoms with E-state index in [4.69, 9.17) is 37.4 Å². The molecule has 6 nitrogen and oxygen atoms in total. The Morgan fingerprint density at radius 3 is 2.48 bits per heavy atom. The molecule has 0 unspecified atom stereocenters. The van der Waals surface area contributed by atoms with Crippen LogP contribution in [0, 0.1) is 3.57 Å². The van der Waals surface area contributed by atoms with Gasteiger partial charge < -0.3 is 14.2 Å². The Bertz CT molecular complexity index is 1150. The highest BCUT2D eigenvalue weighted by atomic mass is 127. The van der Waals surface area contributed by atoms with Gasteiger partial charge in [0, 0.05) is 5.56 Å². The number of rotatable bonds is 9. The molecule has 9 heteroatoms. The first-order valence-corrected chi connectivity index (χ1v) is 11.7. The Labute approximate surface area is 216 Å². The fourth-order valence-electron chi connectivity index (χ4n) is 2.82. The van der Waals surface area contributed by atoms with Gasteiger partial charge in [-0.15, -0.1) is 0 Å². The van der Waals surface area contributed by atoms with E-state index in [0.29, 0.717) is 46.1 Å². The van der Waals surface area contributed by atoms with Crippen LogP contribution >= 0.6 is 45.8 Å². The minimum atomic E-state index is -0.324. The maximum absolute atomic E-state index is 12.3. The first-order valence-electron chi connectivity index (χ1n) is 9.91. The van der Waals surface area contributed by atoms with E-state index in [0.717, 1.165) is 14.7 Å². The molecule has 0 bridgehead atoms. The summed E-state index contributed by atoms with van der Waals surface area (Å²) in [6.45, 7) is 2.66. The van der Waals surface area contributed by atoms with E-state index in [-0.39, 0.29) is 5.91 Å². The molecule has 1 amide bonds. The quantitative estimate of drug-likeness (QED) is 0.177. The zero-order chi connectivity index (χ0) is 23.8. The Kier molecular flexibility index (Phi) is 9.22. The van der Waals surface area contributed by atoms with E-state index in [2.05, 4.69) is 33.1 Å². The molecular formula is C24H21Cl2IN2O4. The Hall–Kier alpha value is -2.49. The molecule has 0 aliphatic heterocycles. The van der Waals surface area contributed by atoms with Gasteiger partial charge in [0.1, 0.15) is 12.4 Å². The van der Waals surface area contributed by atoms with E-state index in [1.54, 1.807) is 55.8 Å². The lowest BCUT2D eigenvalue weighted by molar-refractivity contribution is 0.0955. The van der Waals surface area contributed by atoms with Crippen molar-refractivity contribution < 1.29 is 19.0 Å². The van der Waals surface area contributed by atoms with Crippen molar-refractivity contribution in [2.45, 2.75) is 13.5 Å². The molecule has 33 heavy (non-hydrogen) atoms. The van der Waals surface area contributed by atoms with Crippen molar-refractivity contribution in [1.29, 1.82) is 0 Å². The summed E-state index contributed by atoms with van der Waals surface area (Å²) >= 11 is 14.2. The lowest BCUT2D eigenvalue weighted by Gasteiger charge is -2.15. The van der Waals surface area contributed by atoms with Crippen molar-refractivity contribution in [1.82, 2.24) is 5.43 Å². The number of amides is 1. The molecule has 0 atom stereocenters. The Morgan fingerprint density at radius 2 is 1.82 bits per heavy atom. The molecule has 0 saturated heterocycles. The van der Waals surface area contributed by atoms with Crippen molar-refractivity contribution in [3.05, 3.63) is 84.9 Å². The summed E-state index contributed by atoms with van der Waals surface area (Å²) in [7, 11) is 1.57. The second-order valence-corrected chi connectivity index (χ2v) is 8.70. The molecular weight excluding hydrogens is 578 g/mol. The van der Waals surface area contributed by atoms with Gasteiger partial charge in [0.15, 0.2) is 11.5 Å². The van der Waals surface area contributed by atoms with E-state index in [9.17, 15) is 4.79 Å². The smallest absolute Gasteiger partial charge is 0.271 e. The summed E-state index contributed by atoms with van der Waals surface area (Å²) in [6, 6.07) is 15.8. The van der Waals surface area contributed by atoms with Crippen LogP contribution in [-0.2, 0) is 6.61 Å². The standard InChI is InChI=1S/C24H21Cl2IN2O4/c1-3-32-22-12-16(13-28-29-24(30)17-5-7-18(31-2)8-6-17)11-21(27)23(22)33-14-15-4-9-19(25)20(26)10-15/h4-13H,3,14H2,1-2H3,(H,29,30)/b28-13+. The van der Waals surface area contributed by atoms with Crippen LogP contribution in [-0.4, -0.2) is 25.8 Å². The van der Waals surface area contributed by atoms with Crippen LogP contribution in [0.5, 0.6) is 17.2 Å². The van der Waals surface area contributed by atoms with Gasteiger partial charge >= 0.3 is 0 Å². The zero-order valence-corrected chi connectivity index (χ0v) is 21.6. The molecule has 0 aliphatic carbocycles. The first kappa shape index (κ1) is 25.1. The van der Waals surface area contributed by atoms with E-state index < -0.39 is 0 Å². The van der Waals surface area contributed by atoms with Gasteiger partial charge in [-0.05, 0) is 89.2 Å². The van der Waals surface area contributed by atoms with Gasteiger partial charge in [0.05, 0.1) is 33.5 Å². The molecule has 3 rings (SSSR count). The topological polar surface area (TPSA) is 69.2 Å². The summed E-state index contributed by atoms with van der Waals surface area (Å²) in [5.74, 6) is 1.54. The van der Waals surface area contributed by atoms with Crippen LogP contribution in [0.25, 0.3) is 0 Å². The van der Waals surface area contributed by atoms with E-state index in [1.165, 1.54) is 0 Å². The molecule has 0 radical (unpaired) electrons. The zero-order valence-electron chi connectivity index (χ0n) is 17.9. The molecule has 0 aliphatic rings. The minimum absolute atomic E-state index is 0.304. The van der Waals surface area contributed by atoms with Crippen LogP contribution in [0.3, 0.4) is 0 Å². The van der Waals surface area contributed by atoms with Gasteiger partial charge in [-0.25, -0.2) is 5.43 Å². The lowest BCUT2D eigenvalue weighted by Crippen LogP contribution is -2.17. The fraction of sp³-hybridized carbons (Fsp3) is 0.167. The highest BCUT2D eigenvalue weighted by molar-refractivity contribution is 14.1. The highest BCUT2D eigenvalue weighted by Crippen LogP contribution is 2.35. The third-order valence-corrected chi connectivity index (χ3v) is 5.97. The van der Waals surface area contributed by atoms with Gasteiger partial charge in [0.25, 0.3) is 5.91 Å². The minimum Gasteiger partial charge on any atom is -0.497 e. The van der Waals surface area contributed by atoms with Crippen LogP contribution in [0.2, 0.25) is 10.0 Å². The number of ether oxygens (including phenoxy) is 3. The Balaban J connectivity index is 1.71. The molecule has 0 fully saturated rings. The summed E-state index contributed by atoms with van der Waals surface area (Å²) in [5, 5.41) is 5.03. The number of carbonyl (C=O) groups excluding carboxylic acids is 1. The monoisotopic (exact) mass is 598 g/mol. The number of methoxy groups -OCH3 is 1. The Morgan fingerprint density at radius 1 is 1.06 bits per heavy atom. The number of benzene rings is 3. The van der Waals surface area contributed by atoms with Gasteiger partial charge in [-0.1, -0.05) is 29.3 Å². The molecule has 0 saturated carbocycles. The van der Waals surface area contributed by atoms with E-state index in [1.807, 2.05) is 19.1 Å². The van der Waals surface area contributed by atoms with Crippen LogP contribution < -0.4 is 19.6 Å². The molecule has 0 spiro atoms. The normalized spacial score (nSPS) is 10.8. The summed E-state index contributed by atoms with van der Waals surface area (Å²) < 4.78 is 17.7. The average molecular weight is 599 g/mol. The second kappa shape index (κ2) is 12.1. The molecule has 0 aromatic heterocycles. The van der Waals surface area contributed by atoms with Gasteiger partial charge in [-0.3, -0.25) is 4.79 Å². The molecule has 0 heterocycles. The number of halogens is 3. The van der Waals surface area contributed by atoms with Gasteiger partial charge in [-0.2, -0.15) is 5.10 Å². The predicted octanol–water partition coefficient (Wildman–Crippen LogP) is 6.35. The molecule has 172 valence electrons. The summed E-state index contributed by atoms with van der Waals surface area (Å²) in [4.78, 5) is 12.3. The number of hydrogen-bond acceptors (Lipinski definition) is 5. The van der Waals surface area contributed by atoms with Crippen molar-refractivity contribution in [2.24, 2.45) is 5.10 Å². The number of carbonyl (C=O) groups is 1. The number of nitrogens with zero attached hydrogens (tertiary/aromatic N) is 1. The van der Waals surface area contributed by atoms with Crippen LogP contribution in [0.15, 0.2) is 59.7 Å². The van der Waals surface area contributed by atoms with Crippen molar-refractivity contribution in [3.8, 4) is 17.2 Å². The SMILES string of the molecule is CCOc1cc(/C=N/NC(=O)c2ccc(OC)cc2)cc(I)c1OCc1ccc(Cl)c(Cl)c1. The number of nitrogens with one attached hydrogen (secondary N) is 1. The van der Waals surface area contributed by atoms with Crippen molar-refractivity contribution >= 4 is 57.9 Å². The molecule has 1 N–H and O–H groups in total.